The van der Waals surface area contributed by atoms with Gasteiger partial charge >= 0.3 is 6.03 Å². The van der Waals surface area contributed by atoms with E-state index in [0.717, 1.165) is 16.8 Å². The largest absolute Gasteiger partial charge is 0.497 e. The predicted molar refractivity (Wildman–Crippen MR) is 117 cm³/mol. The van der Waals surface area contributed by atoms with Crippen LogP contribution >= 0.6 is 11.6 Å². The monoisotopic (exact) mass is 428 g/mol. The summed E-state index contributed by atoms with van der Waals surface area (Å²) in [6.07, 6.45) is 0.507. The molecule has 3 amide bonds. The normalized spacial score (nSPS) is 15.5. The van der Waals surface area contributed by atoms with Crippen LogP contribution in [0.5, 0.6) is 5.75 Å². The molecule has 0 unspecified atom stereocenters. The van der Waals surface area contributed by atoms with E-state index in [-0.39, 0.29) is 24.5 Å². The number of ether oxygens (including phenoxy) is 1. The van der Waals surface area contributed by atoms with Gasteiger partial charge in [0.05, 0.1) is 18.9 Å². The molecule has 1 N–H and O–H groups in total. The average Bonchev–Trinajstić information content (AvgIpc) is 3.19. The fourth-order valence-corrected chi connectivity index (χ4v) is 3.60. The van der Waals surface area contributed by atoms with Gasteiger partial charge in [-0.2, -0.15) is 5.10 Å². The summed E-state index contributed by atoms with van der Waals surface area (Å²) in [4.78, 5) is 26.5. The first kappa shape index (κ1) is 21.6. The van der Waals surface area contributed by atoms with Crippen molar-refractivity contribution in [1.29, 1.82) is 0 Å². The van der Waals surface area contributed by atoms with Crippen LogP contribution in [0.2, 0.25) is 5.02 Å². The number of amides is 3. The van der Waals surface area contributed by atoms with Crippen LogP contribution in [-0.4, -0.2) is 54.8 Å². The van der Waals surface area contributed by atoms with Crippen LogP contribution in [0, 0.1) is 0 Å². The van der Waals surface area contributed by atoms with E-state index in [2.05, 4.69) is 10.4 Å². The van der Waals surface area contributed by atoms with Gasteiger partial charge in [-0.1, -0.05) is 41.9 Å². The topological polar surface area (TPSA) is 74.2 Å². The van der Waals surface area contributed by atoms with Crippen molar-refractivity contribution in [3.8, 4) is 5.75 Å². The first-order valence-electron chi connectivity index (χ1n) is 9.72. The summed E-state index contributed by atoms with van der Waals surface area (Å²) in [7, 11) is 3.19. The number of benzene rings is 2. The van der Waals surface area contributed by atoms with Gasteiger partial charge in [-0.25, -0.2) is 9.80 Å². The van der Waals surface area contributed by atoms with E-state index in [9.17, 15) is 9.59 Å². The zero-order chi connectivity index (χ0) is 21.7. The van der Waals surface area contributed by atoms with Crippen LogP contribution < -0.4 is 10.1 Å². The molecule has 30 heavy (non-hydrogen) atoms. The minimum absolute atomic E-state index is 0.0956. The maximum atomic E-state index is 13.1. The molecule has 0 aliphatic carbocycles. The number of carbonyl (C=O) groups is 2. The molecule has 0 saturated carbocycles. The van der Waals surface area contributed by atoms with E-state index >= 15 is 0 Å². The van der Waals surface area contributed by atoms with Crippen LogP contribution in [0.3, 0.4) is 0 Å². The smallest absolute Gasteiger partial charge is 0.317 e. The molecule has 3 rings (SSSR count). The highest BCUT2D eigenvalue weighted by atomic mass is 35.5. The number of urea groups is 1. The van der Waals surface area contributed by atoms with Gasteiger partial charge in [-0.15, -0.1) is 0 Å². The molecule has 0 bridgehead atoms. The van der Waals surface area contributed by atoms with Crippen molar-refractivity contribution in [1.82, 2.24) is 15.2 Å². The molecule has 8 heteroatoms. The van der Waals surface area contributed by atoms with Crippen molar-refractivity contribution < 1.29 is 14.3 Å². The molecule has 7 nitrogen and oxygen atoms in total. The van der Waals surface area contributed by atoms with Crippen molar-refractivity contribution >= 4 is 29.3 Å². The molecule has 1 aliphatic heterocycles. The first-order chi connectivity index (χ1) is 14.4. The van der Waals surface area contributed by atoms with Gasteiger partial charge in [0.1, 0.15) is 12.3 Å². The average molecular weight is 429 g/mol. The van der Waals surface area contributed by atoms with Crippen molar-refractivity contribution in [2.45, 2.75) is 19.4 Å². The molecule has 0 spiro atoms. The van der Waals surface area contributed by atoms with E-state index in [4.69, 9.17) is 16.3 Å². The fourth-order valence-electron chi connectivity index (χ4n) is 3.34. The molecule has 2 aromatic rings. The minimum atomic E-state index is -0.352. The van der Waals surface area contributed by atoms with Gasteiger partial charge in [-0.05, 0) is 30.7 Å². The molecular weight excluding hydrogens is 404 g/mol. The van der Waals surface area contributed by atoms with Crippen LogP contribution in [0.1, 0.15) is 30.5 Å². The van der Waals surface area contributed by atoms with E-state index in [1.165, 1.54) is 9.91 Å². The van der Waals surface area contributed by atoms with Gasteiger partial charge < -0.3 is 15.0 Å². The van der Waals surface area contributed by atoms with Crippen LogP contribution in [-0.2, 0) is 4.79 Å². The van der Waals surface area contributed by atoms with Crippen molar-refractivity contribution in [2.75, 3.05) is 27.2 Å². The fraction of sp³-hybridized carbons (Fsp3) is 0.318. The SMILES string of the molecule is CCNC(=O)N(C)CC(=O)N1N=C(c2cccc(OC)c2)C[C@H]1c1ccccc1Cl. The number of nitrogens with one attached hydrogen (secondary N) is 1. The second-order valence-corrected chi connectivity index (χ2v) is 7.36. The molecule has 158 valence electrons. The van der Waals surface area contributed by atoms with E-state index in [0.29, 0.717) is 23.7 Å². The molecule has 2 aromatic carbocycles. The van der Waals surface area contributed by atoms with Crippen LogP contribution in [0.4, 0.5) is 4.79 Å². The number of rotatable bonds is 6. The van der Waals surface area contributed by atoms with Crippen LogP contribution in [0.15, 0.2) is 53.6 Å². The molecule has 0 fully saturated rings. The Bertz CT molecular complexity index is 963. The van der Waals surface area contributed by atoms with Crippen molar-refractivity contribution in [3.63, 3.8) is 0 Å². The quantitative estimate of drug-likeness (QED) is 0.762. The Hall–Kier alpha value is -3.06. The van der Waals surface area contributed by atoms with Gasteiger partial charge in [0.25, 0.3) is 5.91 Å². The molecule has 0 radical (unpaired) electrons. The zero-order valence-corrected chi connectivity index (χ0v) is 18.0. The third-order valence-corrected chi connectivity index (χ3v) is 5.22. The second-order valence-electron chi connectivity index (χ2n) is 6.95. The second kappa shape index (κ2) is 9.63. The molecule has 0 saturated heterocycles. The van der Waals surface area contributed by atoms with E-state index < -0.39 is 0 Å². The highest BCUT2D eigenvalue weighted by Crippen LogP contribution is 2.36. The lowest BCUT2D eigenvalue weighted by Gasteiger charge is -2.25. The molecule has 1 aliphatic rings. The third-order valence-electron chi connectivity index (χ3n) is 4.88. The molecule has 0 aromatic heterocycles. The number of hydrogen-bond donors (Lipinski definition) is 1. The van der Waals surface area contributed by atoms with Crippen molar-refractivity contribution in [3.05, 3.63) is 64.7 Å². The summed E-state index contributed by atoms with van der Waals surface area (Å²) in [5.74, 6) is 0.428. The summed E-state index contributed by atoms with van der Waals surface area (Å²) in [5, 5.41) is 9.31. The number of likely N-dealkylation sites (N-methyl/N-ethyl adjacent to an activating group) is 1. The molecule has 1 heterocycles. The Morgan fingerprint density at radius 2 is 2.03 bits per heavy atom. The number of methoxy groups -OCH3 is 1. The van der Waals surface area contributed by atoms with Crippen molar-refractivity contribution in [2.24, 2.45) is 5.10 Å². The maximum absolute atomic E-state index is 13.1. The summed E-state index contributed by atoms with van der Waals surface area (Å²) in [5.41, 5.74) is 2.45. The Kier molecular flexibility index (Phi) is 6.95. The third kappa shape index (κ3) is 4.74. The molecule has 1 atom stereocenters. The standard InChI is InChI=1S/C22H25ClN4O3/c1-4-24-22(29)26(2)14-21(28)27-20(17-10-5-6-11-18(17)23)13-19(25-27)15-8-7-9-16(12-15)30-3/h5-12,20H,4,13-14H2,1-3H3,(H,24,29)/t20-/m0/s1. The highest BCUT2D eigenvalue weighted by molar-refractivity contribution is 6.31. The van der Waals surface area contributed by atoms with Gasteiger partial charge in [0.15, 0.2) is 0 Å². The molecular formula is C22H25ClN4O3. The number of hydrazone groups is 1. The highest BCUT2D eigenvalue weighted by Gasteiger charge is 2.35. The zero-order valence-electron chi connectivity index (χ0n) is 17.3. The summed E-state index contributed by atoms with van der Waals surface area (Å²) < 4.78 is 5.31. The number of halogens is 1. The van der Waals surface area contributed by atoms with Gasteiger partial charge in [0.2, 0.25) is 0 Å². The lowest BCUT2D eigenvalue weighted by Crippen LogP contribution is -2.43. The van der Waals surface area contributed by atoms with Gasteiger partial charge in [-0.3, -0.25) is 4.79 Å². The summed E-state index contributed by atoms with van der Waals surface area (Å²) >= 11 is 6.43. The first-order valence-corrected chi connectivity index (χ1v) is 10.1. The Labute approximate surface area is 181 Å². The van der Waals surface area contributed by atoms with Crippen LogP contribution in [0.25, 0.3) is 0 Å². The number of nitrogens with zero attached hydrogens (tertiary/aromatic N) is 3. The van der Waals surface area contributed by atoms with E-state index in [1.807, 2.05) is 49.4 Å². The number of hydrogen-bond acceptors (Lipinski definition) is 4. The summed E-state index contributed by atoms with van der Waals surface area (Å²) in [6.45, 7) is 2.22. The summed E-state index contributed by atoms with van der Waals surface area (Å²) in [6, 6.07) is 14.3. The Morgan fingerprint density at radius 1 is 1.27 bits per heavy atom. The number of carbonyl (C=O) groups excluding carboxylic acids is 2. The maximum Gasteiger partial charge on any atom is 0.317 e. The lowest BCUT2D eigenvalue weighted by molar-refractivity contribution is -0.133. The van der Waals surface area contributed by atoms with E-state index in [1.54, 1.807) is 20.2 Å². The van der Waals surface area contributed by atoms with Gasteiger partial charge in [0, 0.05) is 30.6 Å². The predicted octanol–water partition coefficient (Wildman–Crippen LogP) is 3.69. The minimum Gasteiger partial charge on any atom is -0.497 e. The Balaban J connectivity index is 1.91. The Morgan fingerprint density at radius 3 is 2.73 bits per heavy atom. The lowest BCUT2D eigenvalue weighted by atomic mass is 9.98.